The van der Waals surface area contributed by atoms with E-state index >= 15 is 0 Å². The van der Waals surface area contributed by atoms with Gasteiger partial charge >= 0.3 is 0 Å². The predicted octanol–water partition coefficient (Wildman–Crippen LogP) is 1.94. The molecule has 86 valence electrons. The highest BCUT2D eigenvalue weighted by molar-refractivity contribution is 9.10. The maximum atomic E-state index is 11.7. The van der Waals surface area contributed by atoms with Gasteiger partial charge in [0.2, 0.25) is 5.91 Å². The first kappa shape index (κ1) is 11.6. The molecule has 1 aliphatic heterocycles. The minimum atomic E-state index is 0.144. The van der Waals surface area contributed by atoms with E-state index < -0.39 is 0 Å². The van der Waals surface area contributed by atoms with Crippen LogP contribution in [0.15, 0.2) is 28.7 Å². The number of benzene rings is 1. The van der Waals surface area contributed by atoms with Gasteiger partial charge in [0.25, 0.3) is 0 Å². The van der Waals surface area contributed by atoms with Crippen LogP contribution < -0.4 is 5.32 Å². The number of halogens is 1. The molecular weight excluding hydrogens is 268 g/mol. The van der Waals surface area contributed by atoms with Gasteiger partial charge in [0.1, 0.15) is 0 Å². The maximum absolute atomic E-state index is 11.7. The van der Waals surface area contributed by atoms with Crippen LogP contribution in [0, 0.1) is 0 Å². The van der Waals surface area contributed by atoms with E-state index in [0.29, 0.717) is 6.42 Å². The molecule has 1 atom stereocenters. The first-order valence-corrected chi connectivity index (χ1v) is 6.19. The van der Waals surface area contributed by atoms with Crippen LogP contribution >= 0.6 is 15.9 Å². The summed E-state index contributed by atoms with van der Waals surface area (Å²) >= 11 is 3.41. The zero-order valence-corrected chi connectivity index (χ0v) is 10.8. The molecule has 1 saturated heterocycles. The summed E-state index contributed by atoms with van der Waals surface area (Å²) in [6.45, 7) is 1.63. The van der Waals surface area contributed by atoms with Crippen molar-refractivity contribution in [3.63, 3.8) is 0 Å². The molecule has 0 bridgehead atoms. The Balaban J connectivity index is 2.14. The van der Waals surface area contributed by atoms with E-state index in [2.05, 4.69) is 33.4 Å². The van der Waals surface area contributed by atoms with E-state index in [1.807, 2.05) is 19.2 Å². The third-order valence-corrected chi connectivity index (χ3v) is 3.44. The molecule has 1 unspecified atom stereocenters. The molecular formula is C12H15BrN2O. The number of hydrogen-bond acceptors (Lipinski definition) is 2. The lowest BCUT2D eigenvalue weighted by Crippen LogP contribution is -2.27. The van der Waals surface area contributed by atoms with Crippen LogP contribution in [0.5, 0.6) is 0 Å². The number of rotatable bonds is 1. The third kappa shape index (κ3) is 2.62. The first-order valence-electron chi connectivity index (χ1n) is 5.39. The summed E-state index contributed by atoms with van der Waals surface area (Å²) in [7, 11) is 1.86. The van der Waals surface area contributed by atoms with Gasteiger partial charge in [-0.3, -0.25) is 4.79 Å². The molecule has 0 saturated carbocycles. The zero-order valence-electron chi connectivity index (χ0n) is 9.24. The minimum absolute atomic E-state index is 0.144. The fourth-order valence-corrected chi connectivity index (χ4v) is 2.13. The number of carbonyl (C=O) groups is 1. The molecule has 0 spiro atoms. The number of nitrogens with zero attached hydrogens (tertiary/aromatic N) is 1. The number of nitrogens with one attached hydrogen (secondary N) is 1. The van der Waals surface area contributed by atoms with Crippen LogP contribution in [-0.2, 0) is 4.79 Å². The van der Waals surface area contributed by atoms with Gasteiger partial charge in [-0.05, 0) is 17.7 Å². The van der Waals surface area contributed by atoms with Crippen molar-refractivity contribution in [3.8, 4) is 0 Å². The monoisotopic (exact) mass is 282 g/mol. The Hall–Kier alpha value is -0.870. The molecule has 0 radical (unpaired) electrons. The molecule has 0 aliphatic carbocycles. The molecule has 16 heavy (non-hydrogen) atoms. The van der Waals surface area contributed by atoms with E-state index in [1.165, 1.54) is 5.56 Å². The SMILES string of the molecule is CN1CCNC(c2ccc(Br)cc2)CC1=O. The Morgan fingerprint density at radius 2 is 2.06 bits per heavy atom. The Morgan fingerprint density at radius 3 is 2.75 bits per heavy atom. The zero-order chi connectivity index (χ0) is 11.5. The number of carbonyl (C=O) groups excluding carboxylic acids is 1. The van der Waals surface area contributed by atoms with Crippen LogP contribution in [0.4, 0.5) is 0 Å². The van der Waals surface area contributed by atoms with E-state index in [4.69, 9.17) is 0 Å². The lowest BCUT2D eigenvalue weighted by atomic mass is 10.0. The normalized spacial score (nSPS) is 22.0. The van der Waals surface area contributed by atoms with Gasteiger partial charge in [0, 0.05) is 37.1 Å². The predicted molar refractivity (Wildman–Crippen MR) is 67.1 cm³/mol. The van der Waals surface area contributed by atoms with Crippen molar-refractivity contribution >= 4 is 21.8 Å². The molecule has 1 aromatic carbocycles. The highest BCUT2D eigenvalue weighted by Crippen LogP contribution is 2.21. The van der Waals surface area contributed by atoms with Gasteiger partial charge in [0.15, 0.2) is 0 Å². The van der Waals surface area contributed by atoms with E-state index in [1.54, 1.807) is 4.90 Å². The van der Waals surface area contributed by atoms with Gasteiger partial charge in [-0.2, -0.15) is 0 Å². The summed E-state index contributed by atoms with van der Waals surface area (Å²) < 4.78 is 1.06. The van der Waals surface area contributed by atoms with Crippen molar-refractivity contribution in [2.75, 3.05) is 20.1 Å². The molecule has 0 aromatic heterocycles. The molecule has 1 aromatic rings. The van der Waals surface area contributed by atoms with Crippen molar-refractivity contribution in [2.24, 2.45) is 0 Å². The highest BCUT2D eigenvalue weighted by atomic mass is 79.9. The second-order valence-electron chi connectivity index (χ2n) is 4.08. The van der Waals surface area contributed by atoms with Gasteiger partial charge in [-0.25, -0.2) is 0 Å². The standard InChI is InChI=1S/C12H15BrN2O/c1-15-7-6-14-11(8-12(15)16)9-2-4-10(13)5-3-9/h2-5,11,14H,6-8H2,1H3. The molecule has 1 N–H and O–H groups in total. The lowest BCUT2D eigenvalue weighted by molar-refractivity contribution is -0.129. The van der Waals surface area contributed by atoms with E-state index in [9.17, 15) is 4.79 Å². The molecule has 2 rings (SSSR count). The van der Waals surface area contributed by atoms with Gasteiger partial charge in [-0.15, -0.1) is 0 Å². The van der Waals surface area contributed by atoms with Crippen molar-refractivity contribution in [2.45, 2.75) is 12.5 Å². The van der Waals surface area contributed by atoms with Crippen molar-refractivity contribution in [1.82, 2.24) is 10.2 Å². The van der Waals surface area contributed by atoms with Crippen molar-refractivity contribution < 1.29 is 4.79 Å². The van der Waals surface area contributed by atoms with Gasteiger partial charge < -0.3 is 10.2 Å². The van der Waals surface area contributed by atoms with Gasteiger partial charge in [0.05, 0.1) is 0 Å². The molecule has 1 amide bonds. The second kappa shape index (κ2) is 4.97. The van der Waals surface area contributed by atoms with Crippen LogP contribution in [-0.4, -0.2) is 30.9 Å². The van der Waals surface area contributed by atoms with Crippen LogP contribution in [0.3, 0.4) is 0 Å². The summed E-state index contributed by atoms with van der Waals surface area (Å²) in [6, 6.07) is 8.28. The Bertz CT molecular complexity index is 377. The highest BCUT2D eigenvalue weighted by Gasteiger charge is 2.21. The number of likely N-dealkylation sites (N-methyl/N-ethyl adjacent to an activating group) is 1. The molecule has 3 nitrogen and oxygen atoms in total. The smallest absolute Gasteiger partial charge is 0.224 e. The van der Waals surface area contributed by atoms with Crippen LogP contribution in [0.1, 0.15) is 18.0 Å². The molecule has 4 heteroatoms. The Morgan fingerprint density at radius 1 is 1.38 bits per heavy atom. The molecule has 1 heterocycles. The molecule has 1 aliphatic rings. The summed E-state index contributed by atoms with van der Waals surface area (Å²) in [5.41, 5.74) is 1.17. The summed E-state index contributed by atoms with van der Waals surface area (Å²) in [5.74, 6) is 0.206. The Kier molecular flexibility index (Phi) is 3.61. The van der Waals surface area contributed by atoms with Crippen LogP contribution in [0.25, 0.3) is 0 Å². The second-order valence-corrected chi connectivity index (χ2v) is 4.99. The average molecular weight is 283 g/mol. The number of amides is 1. The molecule has 1 fully saturated rings. The summed E-state index contributed by atoms with van der Waals surface area (Å²) in [6.07, 6.45) is 0.540. The van der Waals surface area contributed by atoms with Crippen molar-refractivity contribution in [1.29, 1.82) is 0 Å². The average Bonchev–Trinajstić information content (AvgIpc) is 2.43. The van der Waals surface area contributed by atoms with Gasteiger partial charge in [-0.1, -0.05) is 28.1 Å². The van der Waals surface area contributed by atoms with Crippen LogP contribution in [0.2, 0.25) is 0 Å². The lowest BCUT2D eigenvalue weighted by Gasteiger charge is -2.15. The largest absolute Gasteiger partial charge is 0.344 e. The Labute approximate surface area is 104 Å². The van der Waals surface area contributed by atoms with Crippen molar-refractivity contribution in [3.05, 3.63) is 34.3 Å². The topological polar surface area (TPSA) is 32.3 Å². The summed E-state index contributed by atoms with van der Waals surface area (Å²) in [4.78, 5) is 13.5. The minimum Gasteiger partial charge on any atom is -0.344 e. The maximum Gasteiger partial charge on any atom is 0.224 e. The van der Waals surface area contributed by atoms with E-state index in [0.717, 1.165) is 17.6 Å². The first-order chi connectivity index (χ1) is 7.66. The van der Waals surface area contributed by atoms with E-state index in [-0.39, 0.29) is 11.9 Å². The summed E-state index contributed by atoms with van der Waals surface area (Å²) in [5, 5.41) is 3.40. The quantitative estimate of drug-likeness (QED) is 0.854. The third-order valence-electron chi connectivity index (χ3n) is 2.91. The fraction of sp³-hybridized carbons (Fsp3) is 0.417. The number of hydrogen-bond donors (Lipinski definition) is 1. The fourth-order valence-electron chi connectivity index (χ4n) is 1.86.